The van der Waals surface area contributed by atoms with E-state index in [1.807, 2.05) is 6.07 Å². The van der Waals surface area contributed by atoms with Crippen LogP contribution in [-0.2, 0) is 0 Å². The lowest BCUT2D eigenvalue weighted by atomic mass is 9.91. The Kier molecular flexibility index (Phi) is 2.74. The number of benzene rings is 1. The van der Waals surface area contributed by atoms with Gasteiger partial charge in [-0.15, -0.1) is 0 Å². The third-order valence-electron chi connectivity index (χ3n) is 4.18. The van der Waals surface area contributed by atoms with Crippen LogP contribution in [0.15, 0.2) is 18.2 Å². The molecule has 0 aromatic heterocycles. The van der Waals surface area contributed by atoms with Crippen molar-refractivity contribution in [2.75, 3.05) is 6.61 Å². The number of ether oxygens (including phenoxy) is 1. The molecule has 2 atom stereocenters. The van der Waals surface area contributed by atoms with Gasteiger partial charge in [-0.05, 0) is 36.8 Å². The van der Waals surface area contributed by atoms with Crippen LogP contribution in [0.3, 0.4) is 0 Å². The Balaban J connectivity index is 1.70. The van der Waals surface area contributed by atoms with E-state index >= 15 is 0 Å². The molecule has 0 amide bonds. The van der Waals surface area contributed by atoms with Gasteiger partial charge in [0.1, 0.15) is 18.1 Å². The maximum atomic E-state index is 9.44. The zero-order chi connectivity index (χ0) is 12.8. The summed E-state index contributed by atoms with van der Waals surface area (Å²) in [5, 5.41) is 13.1. The van der Waals surface area contributed by atoms with Crippen LogP contribution in [0.5, 0.6) is 11.5 Å². The number of hydrogen-bond donors (Lipinski definition) is 2. The van der Waals surface area contributed by atoms with Crippen LogP contribution >= 0.6 is 0 Å². The molecule has 2 unspecified atom stereocenters. The highest BCUT2D eigenvalue weighted by Crippen LogP contribution is 2.40. The number of phenols is 1. The predicted octanol–water partition coefficient (Wildman–Crippen LogP) is 2.99. The molecule has 1 aromatic carbocycles. The molecule has 0 saturated heterocycles. The molecular weight excluding hydrogens is 226 g/mol. The monoisotopic (exact) mass is 247 g/mol. The van der Waals surface area contributed by atoms with E-state index in [1.165, 1.54) is 24.8 Å². The molecule has 98 valence electrons. The number of nitrogens with one attached hydrogen (secondary N) is 1. The van der Waals surface area contributed by atoms with Gasteiger partial charge in [0.25, 0.3) is 0 Å². The first-order chi connectivity index (χ1) is 8.53. The Bertz CT molecular complexity index is 456. The Morgan fingerprint density at radius 1 is 1.39 bits per heavy atom. The molecule has 0 radical (unpaired) electrons. The summed E-state index contributed by atoms with van der Waals surface area (Å²) in [6, 6.07) is 6.28. The van der Waals surface area contributed by atoms with Crippen molar-refractivity contribution in [3.8, 4) is 11.5 Å². The molecule has 1 fully saturated rings. The fourth-order valence-corrected chi connectivity index (χ4v) is 3.20. The lowest BCUT2D eigenvalue weighted by molar-refractivity contribution is 0.289. The summed E-state index contributed by atoms with van der Waals surface area (Å²) in [6.07, 6.45) is 3.77. The number of aromatic hydroxyl groups is 1. The van der Waals surface area contributed by atoms with E-state index in [0.29, 0.717) is 18.1 Å². The summed E-state index contributed by atoms with van der Waals surface area (Å²) >= 11 is 0. The van der Waals surface area contributed by atoms with Gasteiger partial charge >= 0.3 is 0 Å². The van der Waals surface area contributed by atoms with Crippen molar-refractivity contribution in [3.63, 3.8) is 0 Å². The fourth-order valence-electron chi connectivity index (χ4n) is 3.20. The second kappa shape index (κ2) is 4.16. The van der Waals surface area contributed by atoms with Gasteiger partial charge in [-0.3, -0.25) is 0 Å². The van der Waals surface area contributed by atoms with Gasteiger partial charge in [-0.1, -0.05) is 13.8 Å². The molecule has 1 aliphatic heterocycles. The normalized spacial score (nSPS) is 29.0. The number of phenolic OH excluding ortho intramolecular Hbond substituents is 1. The summed E-state index contributed by atoms with van der Waals surface area (Å²) in [6.45, 7) is 5.35. The minimum Gasteiger partial charge on any atom is -0.508 e. The van der Waals surface area contributed by atoms with Crippen molar-refractivity contribution in [2.45, 2.75) is 45.2 Å². The third-order valence-corrected chi connectivity index (χ3v) is 4.18. The zero-order valence-electron chi connectivity index (χ0n) is 11.1. The second-order valence-corrected chi connectivity index (χ2v) is 6.36. The zero-order valence-corrected chi connectivity index (χ0v) is 11.1. The van der Waals surface area contributed by atoms with Gasteiger partial charge in [0.2, 0.25) is 0 Å². The number of fused-ring (bicyclic) bond motifs is 1. The largest absolute Gasteiger partial charge is 0.508 e. The minimum absolute atomic E-state index is 0.274. The molecule has 3 nitrogen and oxygen atoms in total. The molecule has 3 rings (SSSR count). The van der Waals surface area contributed by atoms with E-state index in [2.05, 4.69) is 19.2 Å². The van der Waals surface area contributed by atoms with E-state index in [-0.39, 0.29) is 11.8 Å². The fraction of sp³-hybridized carbons (Fsp3) is 0.600. The second-order valence-electron chi connectivity index (χ2n) is 6.36. The van der Waals surface area contributed by atoms with Crippen molar-refractivity contribution < 1.29 is 9.84 Å². The van der Waals surface area contributed by atoms with Crippen molar-refractivity contribution in [3.05, 3.63) is 23.8 Å². The average Bonchev–Trinajstić information content (AvgIpc) is 2.83. The van der Waals surface area contributed by atoms with Crippen LogP contribution in [0.2, 0.25) is 0 Å². The topological polar surface area (TPSA) is 41.5 Å². The van der Waals surface area contributed by atoms with Crippen molar-refractivity contribution in [2.24, 2.45) is 5.41 Å². The van der Waals surface area contributed by atoms with Crippen LogP contribution in [0.1, 0.15) is 44.7 Å². The average molecular weight is 247 g/mol. The van der Waals surface area contributed by atoms with Gasteiger partial charge in [-0.25, -0.2) is 0 Å². The van der Waals surface area contributed by atoms with Gasteiger partial charge < -0.3 is 15.2 Å². The Labute approximate surface area is 108 Å². The predicted molar refractivity (Wildman–Crippen MR) is 70.9 cm³/mol. The SMILES string of the molecule is CC1(C)CCC(NC2COc3cc(O)ccc32)C1. The standard InChI is InChI=1S/C15H21NO2/c1-15(2)6-5-10(8-15)16-13-9-18-14-7-11(17)3-4-12(13)14/h3-4,7,10,13,16-17H,5-6,8-9H2,1-2H3. The summed E-state index contributed by atoms with van der Waals surface area (Å²) < 4.78 is 5.63. The lowest BCUT2D eigenvalue weighted by Crippen LogP contribution is -2.32. The first-order valence-electron chi connectivity index (χ1n) is 6.75. The summed E-state index contributed by atoms with van der Waals surface area (Å²) in [5.41, 5.74) is 1.65. The molecule has 2 aliphatic rings. The molecular formula is C15H21NO2. The van der Waals surface area contributed by atoms with E-state index in [4.69, 9.17) is 4.74 Å². The number of hydrogen-bond acceptors (Lipinski definition) is 3. The Hall–Kier alpha value is -1.22. The molecule has 3 heteroatoms. The summed E-state index contributed by atoms with van der Waals surface area (Å²) in [4.78, 5) is 0. The minimum atomic E-state index is 0.274. The van der Waals surface area contributed by atoms with Crippen molar-refractivity contribution in [1.29, 1.82) is 0 Å². The van der Waals surface area contributed by atoms with Crippen LogP contribution < -0.4 is 10.1 Å². The molecule has 2 N–H and O–H groups in total. The van der Waals surface area contributed by atoms with Crippen molar-refractivity contribution in [1.82, 2.24) is 5.32 Å². The van der Waals surface area contributed by atoms with E-state index < -0.39 is 0 Å². The van der Waals surface area contributed by atoms with Gasteiger partial charge in [-0.2, -0.15) is 0 Å². The summed E-state index contributed by atoms with van der Waals surface area (Å²) in [7, 11) is 0. The van der Waals surface area contributed by atoms with Gasteiger partial charge in [0, 0.05) is 17.7 Å². The van der Waals surface area contributed by atoms with Crippen molar-refractivity contribution >= 4 is 0 Å². The molecule has 1 aromatic rings. The molecule has 1 aliphatic carbocycles. The molecule has 18 heavy (non-hydrogen) atoms. The quantitative estimate of drug-likeness (QED) is 0.844. The lowest BCUT2D eigenvalue weighted by Gasteiger charge is -2.20. The molecule has 0 bridgehead atoms. The van der Waals surface area contributed by atoms with E-state index in [1.54, 1.807) is 12.1 Å². The smallest absolute Gasteiger partial charge is 0.127 e. The van der Waals surface area contributed by atoms with Crippen LogP contribution in [0.25, 0.3) is 0 Å². The first-order valence-corrected chi connectivity index (χ1v) is 6.75. The summed E-state index contributed by atoms with van der Waals surface area (Å²) in [5.74, 6) is 1.10. The third kappa shape index (κ3) is 2.19. The Morgan fingerprint density at radius 3 is 2.94 bits per heavy atom. The van der Waals surface area contributed by atoms with E-state index in [9.17, 15) is 5.11 Å². The maximum Gasteiger partial charge on any atom is 0.127 e. The molecule has 0 spiro atoms. The van der Waals surface area contributed by atoms with Gasteiger partial charge in [0.05, 0.1) is 6.04 Å². The van der Waals surface area contributed by atoms with Crippen LogP contribution in [-0.4, -0.2) is 17.8 Å². The maximum absolute atomic E-state index is 9.44. The van der Waals surface area contributed by atoms with Gasteiger partial charge in [0.15, 0.2) is 0 Å². The molecule has 1 heterocycles. The van der Waals surface area contributed by atoms with E-state index in [0.717, 1.165) is 5.75 Å². The molecule has 1 saturated carbocycles. The van der Waals surface area contributed by atoms with Crippen LogP contribution in [0.4, 0.5) is 0 Å². The highest BCUT2D eigenvalue weighted by atomic mass is 16.5. The van der Waals surface area contributed by atoms with Crippen LogP contribution in [0, 0.1) is 5.41 Å². The number of rotatable bonds is 2. The first kappa shape index (κ1) is 11.8. The Morgan fingerprint density at radius 2 is 2.22 bits per heavy atom. The highest BCUT2D eigenvalue weighted by Gasteiger charge is 2.34. The highest BCUT2D eigenvalue weighted by molar-refractivity contribution is 5.44.